The van der Waals surface area contributed by atoms with Gasteiger partial charge in [-0.2, -0.15) is 5.26 Å². The molecule has 1 fully saturated rings. The normalized spacial score (nSPS) is 24.6. The molecule has 4 rings (SSSR count). The van der Waals surface area contributed by atoms with Crippen molar-refractivity contribution < 1.29 is 18.3 Å². The Bertz CT molecular complexity index is 830. The first kappa shape index (κ1) is 16.0. The molecule has 2 heterocycles. The van der Waals surface area contributed by atoms with Gasteiger partial charge in [0.1, 0.15) is 23.8 Å². The van der Waals surface area contributed by atoms with Crippen LogP contribution in [0.5, 0.6) is 0 Å². The molecule has 6 heteroatoms. The summed E-state index contributed by atoms with van der Waals surface area (Å²) >= 11 is 0. The lowest BCUT2D eigenvalue weighted by atomic mass is 9.86. The predicted octanol–water partition coefficient (Wildman–Crippen LogP) is 3.65. The molecule has 25 heavy (non-hydrogen) atoms. The van der Waals surface area contributed by atoms with E-state index in [0.29, 0.717) is 13.2 Å². The number of anilines is 1. The maximum Gasteiger partial charge on any atom is 0.131 e. The number of ether oxygens (including phenoxy) is 2. The van der Waals surface area contributed by atoms with Crippen LogP contribution in [-0.4, -0.2) is 19.3 Å². The van der Waals surface area contributed by atoms with Gasteiger partial charge in [-0.1, -0.05) is 12.1 Å². The van der Waals surface area contributed by atoms with E-state index >= 15 is 0 Å². The highest BCUT2D eigenvalue weighted by atomic mass is 19.1. The van der Waals surface area contributed by atoms with Crippen LogP contribution in [0, 0.1) is 23.0 Å². The number of rotatable bonds is 2. The van der Waals surface area contributed by atoms with Crippen molar-refractivity contribution in [3.8, 4) is 6.07 Å². The van der Waals surface area contributed by atoms with E-state index in [-0.39, 0.29) is 12.0 Å². The molecular weight excluding hydrogens is 326 g/mol. The fourth-order valence-corrected chi connectivity index (χ4v) is 3.55. The average molecular weight is 342 g/mol. The zero-order valence-corrected chi connectivity index (χ0v) is 13.3. The first-order valence-corrected chi connectivity index (χ1v) is 8.12. The van der Waals surface area contributed by atoms with E-state index in [1.165, 1.54) is 18.2 Å². The summed E-state index contributed by atoms with van der Waals surface area (Å²) in [6, 6.07) is 10.8. The van der Waals surface area contributed by atoms with Gasteiger partial charge >= 0.3 is 0 Å². The Morgan fingerprint density at radius 1 is 1.12 bits per heavy atom. The Labute approximate surface area is 144 Å². The fourth-order valence-electron chi connectivity index (χ4n) is 3.55. The van der Waals surface area contributed by atoms with Gasteiger partial charge < -0.3 is 14.8 Å². The van der Waals surface area contributed by atoms with Crippen molar-refractivity contribution in [1.29, 1.82) is 5.26 Å². The van der Waals surface area contributed by atoms with Crippen LogP contribution in [-0.2, 0) is 15.9 Å². The smallest absolute Gasteiger partial charge is 0.131 e. The largest absolute Gasteiger partial charge is 0.375 e. The lowest BCUT2D eigenvalue weighted by molar-refractivity contribution is -0.151. The van der Waals surface area contributed by atoms with Gasteiger partial charge in [0.25, 0.3) is 0 Å². The van der Waals surface area contributed by atoms with Crippen LogP contribution in [0.3, 0.4) is 0 Å². The second kappa shape index (κ2) is 6.43. The van der Waals surface area contributed by atoms with E-state index in [4.69, 9.17) is 14.7 Å². The molecule has 2 aliphatic heterocycles. The fraction of sp³-hybridized carbons (Fsp3) is 0.316. The van der Waals surface area contributed by atoms with Crippen molar-refractivity contribution in [2.24, 2.45) is 0 Å². The van der Waals surface area contributed by atoms with Crippen LogP contribution in [0.15, 0.2) is 36.4 Å². The van der Waals surface area contributed by atoms with E-state index in [1.807, 2.05) is 18.2 Å². The summed E-state index contributed by atoms with van der Waals surface area (Å²) in [4.78, 5) is 0. The number of halogens is 2. The Morgan fingerprint density at radius 2 is 1.88 bits per heavy atom. The number of nitrogens with one attached hydrogen (secondary N) is 1. The van der Waals surface area contributed by atoms with Crippen molar-refractivity contribution in [2.45, 2.75) is 24.7 Å². The molecule has 0 spiro atoms. The third-order valence-electron chi connectivity index (χ3n) is 4.65. The topological polar surface area (TPSA) is 54.3 Å². The molecule has 2 unspecified atom stereocenters. The van der Waals surface area contributed by atoms with E-state index in [2.05, 4.69) is 11.4 Å². The quantitative estimate of drug-likeness (QED) is 0.905. The van der Waals surface area contributed by atoms with Gasteiger partial charge in [-0.15, -0.1) is 0 Å². The molecule has 0 saturated carbocycles. The summed E-state index contributed by atoms with van der Waals surface area (Å²) in [5.41, 5.74) is 2.41. The Balaban J connectivity index is 1.80. The van der Waals surface area contributed by atoms with Crippen molar-refractivity contribution in [3.63, 3.8) is 0 Å². The molecular formula is C19H16F2N2O2. The van der Waals surface area contributed by atoms with Gasteiger partial charge in [-0.3, -0.25) is 0 Å². The van der Waals surface area contributed by atoms with E-state index in [0.717, 1.165) is 16.8 Å². The second-order valence-corrected chi connectivity index (χ2v) is 6.14. The highest BCUT2D eigenvalue weighted by Gasteiger charge is 2.43. The molecule has 2 aromatic rings. The standard InChI is InChI=1S/C19H16F2N2O2/c20-13-2-1-3-14(21)16(13)17-19-18(24-8-9-25-19)12-10-11(6-7-22)4-5-15(12)23-17/h1-5,10,17-19,23H,6,8-9H2/t17-,18?,19?/m0/s1. The molecule has 4 nitrogen and oxygen atoms in total. The average Bonchev–Trinajstić information content (AvgIpc) is 2.62. The van der Waals surface area contributed by atoms with Crippen LogP contribution in [0.4, 0.5) is 14.5 Å². The SMILES string of the molecule is N#CCc1ccc2c(c1)C1OCCOC1[C@H](c1c(F)cccc1F)N2. The molecule has 0 aromatic heterocycles. The molecule has 0 aliphatic carbocycles. The summed E-state index contributed by atoms with van der Waals surface area (Å²) in [6.45, 7) is 0.776. The number of nitrogens with zero attached hydrogens (tertiary/aromatic N) is 1. The van der Waals surface area contributed by atoms with Gasteiger partial charge in [0.15, 0.2) is 0 Å². The van der Waals surface area contributed by atoms with Gasteiger partial charge in [-0.25, -0.2) is 8.78 Å². The van der Waals surface area contributed by atoms with Crippen LogP contribution in [0.1, 0.15) is 28.8 Å². The number of fused-ring (bicyclic) bond motifs is 3. The number of hydrogen-bond donors (Lipinski definition) is 1. The minimum absolute atomic E-state index is 0.0465. The van der Waals surface area contributed by atoms with Gasteiger partial charge in [0.05, 0.1) is 31.7 Å². The summed E-state index contributed by atoms with van der Waals surface area (Å²) in [7, 11) is 0. The van der Waals surface area contributed by atoms with Gasteiger partial charge in [-0.05, 0) is 29.8 Å². The summed E-state index contributed by atoms with van der Waals surface area (Å²) in [5.74, 6) is -1.23. The molecule has 0 radical (unpaired) electrons. The Kier molecular flexibility index (Phi) is 4.12. The predicted molar refractivity (Wildman–Crippen MR) is 86.9 cm³/mol. The van der Waals surface area contributed by atoms with Crippen molar-refractivity contribution in [1.82, 2.24) is 0 Å². The summed E-state index contributed by atoms with van der Waals surface area (Å²) in [6.07, 6.45) is -0.700. The molecule has 2 aromatic carbocycles. The highest BCUT2D eigenvalue weighted by molar-refractivity contribution is 5.59. The molecule has 3 atom stereocenters. The lowest BCUT2D eigenvalue weighted by Gasteiger charge is -2.43. The Morgan fingerprint density at radius 3 is 2.64 bits per heavy atom. The van der Waals surface area contributed by atoms with E-state index in [1.54, 1.807) is 0 Å². The third kappa shape index (κ3) is 2.76. The van der Waals surface area contributed by atoms with Crippen molar-refractivity contribution in [2.75, 3.05) is 18.5 Å². The monoisotopic (exact) mass is 342 g/mol. The van der Waals surface area contributed by atoms with Gasteiger partial charge in [0.2, 0.25) is 0 Å². The maximum absolute atomic E-state index is 14.3. The molecule has 0 bridgehead atoms. The second-order valence-electron chi connectivity index (χ2n) is 6.14. The highest BCUT2D eigenvalue weighted by Crippen LogP contribution is 2.45. The van der Waals surface area contributed by atoms with E-state index < -0.39 is 29.9 Å². The number of benzene rings is 2. The van der Waals surface area contributed by atoms with Crippen molar-refractivity contribution in [3.05, 3.63) is 64.7 Å². The maximum atomic E-state index is 14.3. The first-order chi connectivity index (χ1) is 12.2. The molecule has 1 N–H and O–H groups in total. The first-order valence-electron chi connectivity index (χ1n) is 8.12. The van der Waals surface area contributed by atoms with Crippen LogP contribution in [0.2, 0.25) is 0 Å². The minimum atomic E-state index is -0.694. The van der Waals surface area contributed by atoms with Gasteiger partial charge in [0, 0.05) is 16.8 Å². The molecule has 128 valence electrons. The van der Waals surface area contributed by atoms with E-state index in [9.17, 15) is 8.78 Å². The lowest BCUT2D eigenvalue weighted by Crippen LogP contribution is -2.43. The molecule has 2 aliphatic rings. The number of nitriles is 1. The zero-order chi connectivity index (χ0) is 17.4. The summed E-state index contributed by atoms with van der Waals surface area (Å²) < 4.78 is 40.4. The molecule has 1 saturated heterocycles. The Hall–Kier alpha value is -2.49. The number of hydrogen-bond acceptors (Lipinski definition) is 4. The van der Waals surface area contributed by atoms with Crippen molar-refractivity contribution >= 4 is 5.69 Å². The summed E-state index contributed by atoms with van der Waals surface area (Å²) in [5, 5.41) is 12.1. The molecule has 0 amide bonds. The van der Waals surface area contributed by atoms with Crippen LogP contribution in [0.25, 0.3) is 0 Å². The zero-order valence-electron chi connectivity index (χ0n) is 13.3. The van der Waals surface area contributed by atoms with Crippen LogP contribution >= 0.6 is 0 Å². The minimum Gasteiger partial charge on any atom is -0.375 e. The third-order valence-corrected chi connectivity index (χ3v) is 4.65. The van der Waals surface area contributed by atoms with Crippen LogP contribution < -0.4 is 5.32 Å².